The number of aryl methyl sites for hydroxylation is 1. The van der Waals surface area contributed by atoms with Crippen LogP contribution in [0, 0.1) is 17.8 Å². The largest absolute Gasteiger partial charge is 0.392 e. The molecule has 0 aromatic heterocycles. The van der Waals surface area contributed by atoms with Crippen LogP contribution in [-0.4, -0.2) is 53.7 Å². The van der Waals surface area contributed by atoms with Crippen molar-refractivity contribution < 1.29 is 5.11 Å². The van der Waals surface area contributed by atoms with E-state index in [9.17, 15) is 5.11 Å². The summed E-state index contributed by atoms with van der Waals surface area (Å²) in [6.45, 7) is 12.2. The lowest BCUT2D eigenvalue weighted by atomic mass is 9.86. The van der Waals surface area contributed by atoms with E-state index >= 15 is 0 Å². The number of fused-ring (bicyclic) bond motifs is 1. The van der Waals surface area contributed by atoms with Gasteiger partial charge in [0.1, 0.15) is 0 Å². The number of hydrogen-bond donors (Lipinski definition) is 2. The first-order chi connectivity index (χ1) is 15.3. The minimum absolute atomic E-state index is 0.00341. The number of hydrogen-bond acceptors (Lipinski definition) is 6. The molecule has 1 aromatic rings. The van der Waals surface area contributed by atoms with E-state index in [4.69, 9.17) is 15.7 Å². The Morgan fingerprint density at radius 1 is 1.28 bits per heavy atom. The quantitative estimate of drug-likeness (QED) is 0.596. The molecule has 3 rings (SSSR count). The summed E-state index contributed by atoms with van der Waals surface area (Å²) in [5.41, 5.74) is 13.1. The summed E-state index contributed by atoms with van der Waals surface area (Å²) in [4.78, 5) is 18.8. The van der Waals surface area contributed by atoms with Crippen LogP contribution in [0.1, 0.15) is 58.6 Å². The highest BCUT2D eigenvalue weighted by molar-refractivity contribution is 5.97. The lowest BCUT2D eigenvalue weighted by molar-refractivity contribution is 0.128. The molecular formula is C26H39N5O. The maximum absolute atomic E-state index is 10.4. The Morgan fingerprint density at radius 3 is 2.78 bits per heavy atom. The van der Waals surface area contributed by atoms with Crippen LogP contribution < -0.4 is 5.73 Å². The van der Waals surface area contributed by atoms with E-state index in [1.807, 2.05) is 20.1 Å². The number of nitrogens with zero attached hydrogens (tertiary/aromatic N) is 4. The van der Waals surface area contributed by atoms with Gasteiger partial charge in [-0.2, -0.15) is 0 Å². The van der Waals surface area contributed by atoms with Gasteiger partial charge in [-0.25, -0.2) is 0 Å². The van der Waals surface area contributed by atoms with Gasteiger partial charge in [0.2, 0.25) is 0 Å². The minimum atomic E-state index is -0.362. The molecule has 5 atom stereocenters. The Kier molecular flexibility index (Phi) is 8.49. The molecule has 174 valence electrons. The van der Waals surface area contributed by atoms with Crippen LogP contribution in [0.25, 0.3) is 0 Å². The second-order valence-electron chi connectivity index (χ2n) is 9.51. The Morgan fingerprint density at radius 2 is 2.06 bits per heavy atom. The SMILES string of the molecule is CC1=Nc2ccc(CN=CC(C(C)=NCC3C(C)=NCCC3O)C(C)C(C)N)cc2CC1. The predicted molar refractivity (Wildman–Crippen MR) is 136 cm³/mol. The van der Waals surface area contributed by atoms with Gasteiger partial charge in [0.05, 0.1) is 18.3 Å². The van der Waals surface area contributed by atoms with Crippen molar-refractivity contribution in [3.63, 3.8) is 0 Å². The number of benzene rings is 1. The summed E-state index contributed by atoms with van der Waals surface area (Å²) >= 11 is 0. The van der Waals surface area contributed by atoms with Gasteiger partial charge in [-0.3, -0.25) is 20.0 Å². The van der Waals surface area contributed by atoms with Crippen molar-refractivity contribution in [2.45, 2.75) is 72.6 Å². The van der Waals surface area contributed by atoms with E-state index in [2.05, 4.69) is 49.0 Å². The van der Waals surface area contributed by atoms with Gasteiger partial charge in [-0.1, -0.05) is 19.1 Å². The molecule has 2 aliphatic heterocycles. The van der Waals surface area contributed by atoms with Crippen molar-refractivity contribution in [2.24, 2.45) is 43.5 Å². The van der Waals surface area contributed by atoms with Crippen LogP contribution in [0.2, 0.25) is 0 Å². The molecule has 0 bridgehead atoms. The van der Waals surface area contributed by atoms with Gasteiger partial charge >= 0.3 is 0 Å². The Hall–Kier alpha value is -2.18. The molecule has 6 heteroatoms. The number of aliphatic hydroxyl groups is 1. The van der Waals surface area contributed by atoms with Crippen LogP contribution >= 0.6 is 0 Å². The molecule has 0 saturated heterocycles. The molecule has 0 spiro atoms. The standard InChI is InChI=1S/C26H39N5O/c1-16-6-8-22-12-21(7-9-25(22)31-16)13-28-14-23(17(2)18(3)27)19(4)30-15-24-20(5)29-11-10-26(24)32/h7,9,12,14,17-18,23-24,26,32H,6,8,10-11,13,15,27H2,1-5H3. The molecule has 0 radical (unpaired) electrons. The second-order valence-corrected chi connectivity index (χ2v) is 9.51. The fourth-order valence-electron chi connectivity index (χ4n) is 4.42. The fourth-order valence-corrected chi connectivity index (χ4v) is 4.42. The van der Waals surface area contributed by atoms with Gasteiger partial charge in [-0.05, 0) is 70.1 Å². The topological polar surface area (TPSA) is 95.7 Å². The Balaban J connectivity index is 1.71. The maximum Gasteiger partial charge on any atom is 0.0661 e. The molecule has 0 aliphatic carbocycles. The lowest BCUT2D eigenvalue weighted by Crippen LogP contribution is -2.36. The smallest absolute Gasteiger partial charge is 0.0661 e. The zero-order valence-corrected chi connectivity index (χ0v) is 20.3. The first-order valence-electron chi connectivity index (χ1n) is 11.9. The van der Waals surface area contributed by atoms with Gasteiger partial charge in [0.25, 0.3) is 0 Å². The number of nitrogens with two attached hydrogens (primary N) is 1. The predicted octanol–water partition coefficient (Wildman–Crippen LogP) is 4.20. The normalized spacial score (nSPS) is 24.5. The zero-order chi connectivity index (χ0) is 23.3. The van der Waals surface area contributed by atoms with Crippen molar-refractivity contribution in [3.8, 4) is 0 Å². The van der Waals surface area contributed by atoms with Gasteiger partial charge in [0.15, 0.2) is 0 Å². The van der Waals surface area contributed by atoms with Crippen molar-refractivity contribution in [1.29, 1.82) is 0 Å². The van der Waals surface area contributed by atoms with Crippen LogP contribution in [0.15, 0.2) is 38.2 Å². The second kappa shape index (κ2) is 11.1. The highest BCUT2D eigenvalue weighted by Gasteiger charge is 2.26. The molecule has 0 fully saturated rings. The molecule has 32 heavy (non-hydrogen) atoms. The molecule has 1 aromatic carbocycles. The van der Waals surface area contributed by atoms with E-state index in [-0.39, 0.29) is 29.9 Å². The first-order valence-corrected chi connectivity index (χ1v) is 11.9. The highest BCUT2D eigenvalue weighted by Crippen LogP contribution is 2.27. The third kappa shape index (κ3) is 6.20. The number of rotatable bonds is 8. The minimum Gasteiger partial charge on any atom is -0.392 e. The molecule has 2 aliphatic rings. The van der Waals surface area contributed by atoms with Crippen molar-refractivity contribution in [1.82, 2.24) is 0 Å². The molecule has 3 N–H and O–H groups in total. The van der Waals surface area contributed by atoms with Crippen molar-refractivity contribution in [3.05, 3.63) is 29.3 Å². The Labute approximate surface area is 192 Å². The molecule has 2 heterocycles. The number of aliphatic hydroxyl groups excluding tert-OH is 1. The fraction of sp³-hybridized carbons (Fsp3) is 0.615. The van der Waals surface area contributed by atoms with Gasteiger partial charge in [0, 0.05) is 54.3 Å². The molecule has 6 nitrogen and oxygen atoms in total. The van der Waals surface area contributed by atoms with E-state index in [1.54, 1.807) is 0 Å². The van der Waals surface area contributed by atoms with Crippen LogP contribution in [0.3, 0.4) is 0 Å². The van der Waals surface area contributed by atoms with E-state index in [1.165, 1.54) is 16.8 Å². The average Bonchev–Trinajstić information content (AvgIpc) is 2.75. The summed E-state index contributed by atoms with van der Waals surface area (Å²) in [5.74, 6) is 0.288. The first kappa shape index (κ1) is 24.5. The zero-order valence-electron chi connectivity index (χ0n) is 20.3. The van der Waals surface area contributed by atoms with E-state index in [0.29, 0.717) is 26.1 Å². The van der Waals surface area contributed by atoms with Crippen molar-refractivity contribution in [2.75, 3.05) is 13.1 Å². The van der Waals surface area contributed by atoms with Gasteiger partial charge in [-0.15, -0.1) is 0 Å². The average molecular weight is 438 g/mol. The molecule has 5 unspecified atom stereocenters. The van der Waals surface area contributed by atoms with E-state index in [0.717, 1.165) is 30.0 Å². The summed E-state index contributed by atoms with van der Waals surface area (Å²) in [6, 6.07) is 6.50. The van der Waals surface area contributed by atoms with Crippen LogP contribution in [0.4, 0.5) is 5.69 Å². The van der Waals surface area contributed by atoms with E-state index < -0.39 is 0 Å². The van der Waals surface area contributed by atoms with Gasteiger partial charge < -0.3 is 10.8 Å². The maximum atomic E-state index is 10.4. The summed E-state index contributed by atoms with van der Waals surface area (Å²) in [7, 11) is 0. The van der Waals surface area contributed by atoms with Crippen LogP contribution in [-0.2, 0) is 13.0 Å². The van der Waals surface area contributed by atoms with Crippen LogP contribution in [0.5, 0.6) is 0 Å². The summed E-state index contributed by atoms with van der Waals surface area (Å²) in [5, 5.41) is 10.4. The molecule has 0 saturated carbocycles. The monoisotopic (exact) mass is 437 g/mol. The highest BCUT2D eigenvalue weighted by atomic mass is 16.3. The van der Waals surface area contributed by atoms with Crippen molar-refractivity contribution >= 4 is 29.0 Å². The Bertz CT molecular complexity index is 915. The number of aliphatic imine (C=N–C) groups is 4. The third-order valence-electron chi connectivity index (χ3n) is 6.95. The lowest BCUT2D eigenvalue weighted by Gasteiger charge is -2.27. The molecular weight excluding hydrogens is 398 g/mol. The molecule has 0 amide bonds. The summed E-state index contributed by atoms with van der Waals surface area (Å²) in [6.07, 6.45) is 4.45. The third-order valence-corrected chi connectivity index (χ3v) is 6.95. The summed E-state index contributed by atoms with van der Waals surface area (Å²) < 4.78 is 0.